The highest BCUT2D eigenvalue weighted by Gasteiger charge is 2.14. The van der Waals surface area contributed by atoms with E-state index < -0.39 is 11.7 Å². The summed E-state index contributed by atoms with van der Waals surface area (Å²) >= 11 is 0. The van der Waals surface area contributed by atoms with Crippen LogP contribution in [0.2, 0.25) is 0 Å². The second-order valence-electron chi connectivity index (χ2n) is 3.49. The maximum atomic E-state index is 11.0. The number of allylic oxidation sites excluding steroid dienone is 1. The third kappa shape index (κ3) is 5.93. The molecule has 1 N–H and O–H groups in total. The number of carbonyl (C=O) groups excluding carboxylic acids is 2. The van der Waals surface area contributed by atoms with Gasteiger partial charge in [0.25, 0.3) is 0 Å². The molecule has 0 fully saturated rings. The summed E-state index contributed by atoms with van der Waals surface area (Å²) in [6.07, 6.45) is 1.05. The highest BCUT2D eigenvalue weighted by atomic mass is 16.6. The van der Waals surface area contributed by atoms with Crippen LogP contribution in [0.4, 0.5) is 4.79 Å². The summed E-state index contributed by atoms with van der Waals surface area (Å²) in [5.41, 5.74) is -0.727. The first-order valence-corrected chi connectivity index (χ1v) is 3.95. The predicted molar refractivity (Wildman–Crippen MR) is 51.5 cm³/mol. The molecule has 0 aliphatic heterocycles. The summed E-state index contributed by atoms with van der Waals surface area (Å²) in [4.78, 5) is 24.4. The SMILES string of the molecule is CC(C)(C)OC(=O)/N=C/C(C=O)=C\O. The number of ether oxygens (including phenoxy) is 1. The van der Waals surface area contributed by atoms with Crippen LogP contribution in [-0.4, -0.2) is 29.3 Å². The van der Waals surface area contributed by atoms with Crippen molar-refractivity contribution in [3.05, 3.63) is 11.8 Å². The van der Waals surface area contributed by atoms with Crippen LogP contribution < -0.4 is 0 Å². The third-order valence-electron chi connectivity index (χ3n) is 0.998. The average molecular weight is 199 g/mol. The van der Waals surface area contributed by atoms with Gasteiger partial charge < -0.3 is 9.84 Å². The van der Waals surface area contributed by atoms with Crippen molar-refractivity contribution in [3.8, 4) is 0 Å². The van der Waals surface area contributed by atoms with Crippen LogP contribution in [0, 0.1) is 0 Å². The molecular formula is C9H13NO4. The molecule has 1 amide bonds. The van der Waals surface area contributed by atoms with Gasteiger partial charge in [-0.2, -0.15) is 4.99 Å². The number of rotatable bonds is 2. The maximum absolute atomic E-state index is 11.0. The predicted octanol–water partition coefficient (Wildman–Crippen LogP) is 1.63. The topological polar surface area (TPSA) is 76.0 Å². The Balaban J connectivity index is 4.26. The number of nitrogens with zero attached hydrogens (tertiary/aromatic N) is 1. The Morgan fingerprint density at radius 3 is 2.36 bits per heavy atom. The fourth-order valence-electron chi connectivity index (χ4n) is 0.510. The number of aliphatic hydroxyl groups excluding tert-OH is 1. The normalized spacial score (nSPS) is 12.9. The van der Waals surface area contributed by atoms with Crippen molar-refractivity contribution in [2.45, 2.75) is 26.4 Å². The van der Waals surface area contributed by atoms with Gasteiger partial charge in [0.15, 0.2) is 6.29 Å². The molecule has 14 heavy (non-hydrogen) atoms. The largest absolute Gasteiger partial charge is 0.515 e. The summed E-state index contributed by atoms with van der Waals surface area (Å²) < 4.78 is 4.82. The van der Waals surface area contributed by atoms with Crippen LogP contribution in [0.15, 0.2) is 16.8 Å². The highest BCUT2D eigenvalue weighted by Crippen LogP contribution is 2.07. The van der Waals surface area contributed by atoms with Crippen LogP contribution in [0.1, 0.15) is 20.8 Å². The zero-order valence-corrected chi connectivity index (χ0v) is 8.35. The van der Waals surface area contributed by atoms with Gasteiger partial charge in [-0.25, -0.2) is 4.79 Å². The van der Waals surface area contributed by atoms with E-state index in [4.69, 9.17) is 9.84 Å². The Labute approximate surface area is 82.1 Å². The summed E-state index contributed by atoms with van der Waals surface area (Å²) in [6.45, 7) is 5.09. The highest BCUT2D eigenvalue weighted by molar-refractivity contribution is 6.04. The minimum Gasteiger partial charge on any atom is -0.515 e. The lowest BCUT2D eigenvalue weighted by Crippen LogP contribution is -2.21. The lowest BCUT2D eigenvalue weighted by molar-refractivity contribution is -0.104. The van der Waals surface area contributed by atoms with Crippen molar-refractivity contribution in [1.29, 1.82) is 0 Å². The van der Waals surface area contributed by atoms with Gasteiger partial charge >= 0.3 is 6.09 Å². The van der Waals surface area contributed by atoms with E-state index in [-0.39, 0.29) is 5.57 Å². The van der Waals surface area contributed by atoms with Crippen LogP contribution in [0.5, 0.6) is 0 Å². The van der Waals surface area contributed by atoms with Crippen LogP contribution in [0.3, 0.4) is 0 Å². The number of hydrogen-bond donors (Lipinski definition) is 1. The molecule has 0 heterocycles. The van der Waals surface area contributed by atoms with Crippen molar-refractivity contribution in [2.75, 3.05) is 0 Å². The molecule has 0 aromatic heterocycles. The quantitative estimate of drug-likeness (QED) is 0.317. The number of aldehydes is 1. The number of aliphatic imine (C=N–C) groups is 1. The van der Waals surface area contributed by atoms with E-state index >= 15 is 0 Å². The van der Waals surface area contributed by atoms with E-state index in [1.54, 1.807) is 20.8 Å². The van der Waals surface area contributed by atoms with E-state index in [0.29, 0.717) is 12.5 Å². The summed E-state index contributed by atoms with van der Waals surface area (Å²) in [5, 5.41) is 8.43. The van der Waals surface area contributed by atoms with Gasteiger partial charge in [-0.1, -0.05) is 0 Å². The molecule has 0 saturated heterocycles. The van der Waals surface area contributed by atoms with E-state index in [1.807, 2.05) is 0 Å². The van der Waals surface area contributed by atoms with Gasteiger partial charge in [0.2, 0.25) is 0 Å². The Kier molecular flexibility index (Phi) is 4.55. The molecule has 0 spiro atoms. The van der Waals surface area contributed by atoms with Crippen LogP contribution >= 0.6 is 0 Å². The molecule has 0 aliphatic carbocycles. The van der Waals surface area contributed by atoms with Gasteiger partial charge in [0.1, 0.15) is 5.60 Å². The van der Waals surface area contributed by atoms with E-state index in [2.05, 4.69) is 4.99 Å². The van der Waals surface area contributed by atoms with Gasteiger partial charge in [-0.15, -0.1) is 0 Å². The first kappa shape index (κ1) is 12.3. The average Bonchev–Trinajstić information content (AvgIpc) is 2.03. The smallest absolute Gasteiger partial charge is 0.434 e. The fraction of sp³-hybridized carbons (Fsp3) is 0.444. The van der Waals surface area contributed by atoms with Crippen molar-refractivity contribution < 1.29 is 19.4 Å². The standard InChI is InChI=1S/C9H13NO4/c1-9(2,3)14-8(13)10-4-7(5-11)6-12/h4-6,11H,1-3H3/b7-5+,10-4+. The van der Waals surface area contributed by atoms with Crippen molar-refractivity contribution in [2.24, 2.45) is 4.99 Å². The van der Waals surface area contributed by atoms with Gasteiger partial charge in [0.05, 0.1) is 11.8 Å². The minimum atomic E-state index is -0.807. The van der Waals surface area contributed by atoms with Crippen molar-refractivity contribution >= 4 is 18.6 Å². The summed E-state index contributed by atoms with van der Waals surface area (Å²) in [7, 11) is 0. The maximum Gasteiger partial charge on any atom is 0.434 e. The number of hydrogen-bond acceptors (Lipinski definition) is 4. The molecule has 78 valence electrons. The number of carbonyl (C=O) groups is 2. The van der Waals surface area contributed by atoms with Crippen molar-refractivity contribution in [1.82, 2.24) is 0 Å². The Bertz CT molecular complexity index is 273. The van der Waals surface area contributed by atoms with Crippen LogP contribution in [0.25, 0.3) is 0 Å². The van der Waals surface area contributed by atoms with E-state index in [1.165, 1.54) is 0 Å². The Morgan fingerprint density at radius 2 is 2.00 bits per heavy atom. The molecule has 0 atom stereocenters. The molecule has 0 radical (unpaired) electrons. The molecule has 0 bridgehead atoms. The zero-order chi connectivity index (χ0) is 11.2. The Morgan fingerprint density at radius 1 is 1.43 bits per heavy atom. The van der Waals surface area contributed by atoms with Crippen LogP contribution in [-0.2, 0) is 9.53 Å². The van der Waals surface area contributed by atoms with E-state index in [0.717, 1.165) is 6.21 Å². The molecular weight excluding hydrogens is 186 g/mol. The molecule has 0 rings (SSSR count). The van der Waals surface area contributed by atoms with Gasteiger partial charge in [-0.3, -0.25) is 4.79 Å². The summed E-state index contributed by atoms with van der Waals surface area (Å²) in [5.74, 6) is 0. The third-order valence-corrected chi connectivity index (χ3v) is 0.998. The lowest BCUT2D eigenvalue weighted by Gasteiger charge is -2.16. The molecule has 0 unspecified atom stereocenters. The van der Waals surface area contributed by atoms with Gasteiger partial charge in [-0.05, 0) is 20.8 Å². The lowest BCUT2D eigenvalue weighted by atomic mass is 10.2. The molecule has 0 saturated carbocycles. The Hall–Kier alpha value is -1.65. The second kappa shape index (κ2) is 5.16. The van der Waals surface area contributed by atoms with E-state index in [9.17, 15) is 9.59 Å². The first-order valence-electron chi connectivity index (χ1n) is 3.95. The summed E-state index contributed by atoms with van der Waals surface area (Å²) in [6, 6.07) is 0. The van der Waals surface area contributed by atoms with Gasteiger partial charge in [0, 0.05) is 6.21 Å². The second-order valence-corrected chi connectivity index (χ2v) is 3.49. The molecule has 0 aromatic rings. The first-order chi connectivity index (χ1) is 6.39. The molecule has 0 aromatic carbocycles. The number of amides is 1. The molecule has 5 heteroatoms. The minimum absolute atomic E-state index is 0.101. The molecule has 5 nitrogen and oxygen atoms in total. The number of aliphatic hydroxyl groups is 1. The fourth-order valence-corrected chi connectivity index (χ4v) is 0.510. The zero-order valence-electron chi connectivity index (χ0n) is 8.35. The monoisotopic (exact) mass is 199 g/mol. The molecule has 0 aliphatic rings. The van der Waals surface area contributed by atoms with Crippen molar-refractivity contribution in [3.63, 3.8) is 0 Å².